The summed E-state index contributed by atoms with van der Waals surface area (Å²) < 4.78 is 0. The lowest BCUT2D eigenvalue weighted by molar-refractivity contribution is 0.318. The van der Waals surface area contributed by atoms with Gasteiger partial charge in [-0.3, -0.25) is 4.98 Å². The molecule has 1 aliphatic rings. The number of anilines is 1. The van der Waals surface area contributed by atoms with Crippen molar-refractivity contribution in [3.8, 4) is 0 Å². The zero-order chi connectivity index (χ0) is 13.5. The van der Waals surface area contributed by atoms with Crippen LogP contribution in [0.2, 0.25) is 0 Å². The molecule has 1 N–H and O–H groups in total. The Morgan fingerprint density at radius 2 is 2.16 bits per heavy atom. The molecule has 1 aromatic carbocycles. The summed E-state index contributed by atoms with van der Waals surface area (Å²) in [5.74, 6) is 0. The van der Waals surface area contributed by atoms with Crippen LogP contribution in [-0.2, 0) is 0 Å². The van der Waals surface area contributed by atoms with Gasteiger partial charge in [0.25, 0.3) is 0 Å². The lowest BCUT2D eigenvalue weighted by atomic mass is 9.97. The van der Waals surface area contributed by atoms with E-state index in [1.807, 2.05) is 12.4 Å². The van der Waals surface area contributed by atoms with Crippen molar-refractivity contribution >= 4 is 16.5 Å². The van der Waals surface area contributed by atoms with E-state index < -0.39 is 0 Å². The maximum atomic E-state index is 4.22. The molecule has 19 heavy (non-hydrogen) atoms. The Labute approximate surface area is 114 Å². The zero-order valence-electron chi connectivity index (χ0n) is 11.9. The summed E-state index contributed by atoms with van der Waals surface area (Å²) in [6.07, 6.45) is 3.82. The standard InChI is InChI=1S/C16H21N3/c1-12-9-18-16(2,3)11-19(12)15-6-4-5-13-10-17-8-7-14(13)15/h4-8,10,12,18H,9,11H2,1-3H3. The molecule has 0 radical (unpaired) electrons. The van der Waals surface area contributed by atoms with Gasteiger partial charge in [0.15, 0.2) is 0 Å². The summed E-state index contributed by atoms with van der Waals surface area (Å²) in [6.45, 7) is 8.85. The maximum Gasteiger partial charge on any atom is 0.0450 e. The first kappa shape index (κ1) is 12.4. The monoisotopic (exact) mass is 255 g/mol. The van der Waals surface area contributed by atoms with E-state index in [0.29, 0.717) is 6.04 Å². The highest BCUT2D eigenvalue weighted by Gasteiger charge is 2.30. The fourth-order valence-corrected chi connectivity index (χ4v) is 2.85. The molecule has 3 nitrogen and oxygen atoms in total. The molecule has 3 rings (SSSR count). The molecule has 1 fully saturated rings. The number of nitrogens with one attached hydrogen (secondary N) is 1. The van der Waals surface area contributed by atoms with E-state index in [2.05, 4.69) is 60.2 Å². The number of aromatic nitrogens is 1. The third-order valence-corrected chi connectivity index (χ3v) is 3.94. The molecule has 100 valence electrons. The normalized spacial score (nSPS) is 22.7. The van der Waals surface area contributed by atoms with Crippen LogP contribution in [0.5, 0.6) is 0 Å². The van der Waals surface area contributed by atoms with Gasteiger partial charge in [0.2, 0.25) is 0 Å². The second-order valence-electron chi connectivity index (χ2n) is 6.12. The van der Waals surface area contributed by atoms with E-state index in [1.165, 1.54) is 16.5 Å². The Morgan fingerprint density at radius 3 is 3.00 bits per heavy atom. The number of nitrogens with zero attached hydrogens (tertiary/aromatic N) is 2. The molecule has 2 heterocycles. The van der Waals surface area contributed by atoms with Gasteiger partial charge in [-0.05, 0) is 32.9 Å². The minimum Gasteiger partial charge on any atom is -0.365 e. The van der Waals surface area contributed by atoms with E-state index in [0.717, 1.165) is 13.1 Å². The Kier molecular flexibility index (Phi) is 2.94. The summed E-state index contributed by atoms with van der Waals surface area (Å²) in [7, 11) is 0. The van der Waals surface area contributed by atoms with Crippen molar-refractivity contribution in [1.29, 1.82) is 0 Å². The molecule has 1 aliphatic heterocycles. The average Bonchev–Trinajstić information content (AvgIpc) is 2.41. The summed E-state index contributed by atoms with van der Waals surface area (Å²) in [5.41, 5.74) is 1.48. The van der Waals surface area contributed by atoms with Crippen LogP contribution in [0.3, 0.4) is 0 Å². The van der Waals surface area contributed by atoms with Gasteiger partial charge in [-0.1, -0.05) is 12.1 Å². The van der Waals surface area contributed by atoms with Gasteiger partial charge in [-0.15, -0.1) is 0 Å². The molecular weight excluding hydrogens is 234 g/mol. The molecule has 0 spiro atoms. The Balaban J connectivity index is 2.08. The first-order chi connectivity index (χ1) is 9.07. The summed E-state index contributed by atoms with van der Waals surface area (Å²) in [5, 5.41) is 6.11. The van der Waals surface area contributed by atoms with E-state index >= 15 is 0 Å². The summed E-state index contributed by atoms with van der Waals surface area (Å²) in [6, 6.07) is 9.10. The van der Waals surface area contributed by atoms with Crippen LogP contribution in [0.1, 0.15) is 20.8 Å². The fourth-order valence-electron chi connectivity index (χ4n) is 2.85. The fraction of sp³-hybridized carbons (Fsp3) is 0.438. The molecule has 2 aromatic rings. The number of benzene rings is 1. The molecule has 1 atom stereocenters. The molecule has 0 aliphatic carbocycles. The van der Waals surface area contributed by atoms with Gasteiger partial charge < -0.3 is 10.2 Å². The zero-order valence-corrected chi connectivity index (χ0v) is 11.9. The number of rotatable bonds is 1. The first-order valence-electron chi connectivity index (χ1n) is 6.91. The van der Waals surface area contributed by atoms with Gasteiger partial charge in [0.05, 0.1) is 0 Å². The van der Waals surface area contributed by atoms with Crippen molar-refractivity contribution in [3.63, 3.8) is 0 Å². The maximum absolute atomic E-state index is 4.22. The molecular formula is C16H21N3. The third kappa shape index (κ3) is 2.30. The number of piperazine rings is 1. The van der Waals surface area contributed by atoms with Crippen LogP contribution in [0, 0.1) is 0 Å². The van der Waals surface area contributed by atoms with Crippen molar-refractivity contribution in [3.05, 3.63) is 36.7 Å². The SMILES string of the molecule is CC1CNC(C)(C)CN1c1cccc2cnccc12. The van der Waals surface area contributed by atoms with Gasteiger partial charge in [0, 0.05) is 53.5 Å². The molecule has 1 unspecified atom stereocenters. The minimum atomic E-state index is 0.154. The third-order valence-electron chi connectivity index (χ3n) is 3.94. The van der Waals surface area contributed by atoms with E-state index in [4.69, 9.17) is 0 Å². The lowest BCUT2D eigenvalue weighted by Gasteiger charge is -2.45. The first-order valence-corrected chi connectivity index (χ1v) is 6.91. The van der Waals surface area contributed by atoms with E-state index in [1.54, 1.807) is 0 Å². The molecule has 1 aromatic heterocycles. The Bertz CT molecular complexity index is 586. The largest absolute Gasteiger partial charge is 0.365 e. The lowest BCUT2D eigenvalue weighted by Crippen LogP contribution is -2.61. The average molecular weight is 255 g/mol. The van der Waals surface area contributed by atoms with Crippen LogP contribution in [0.15, 0.2) is 36.7 Å². The summed E-state index contributed by atoms with van der Waals surface area (Å²) in [4.78, 5) is 6.73. The van der Waals surface area contributed by atoms with Crippen LogP contribution in [-0.4, -0.2) is 29.7 Å². The predicted molar refractivity (Wildman–Crippen MR) is 80.6 cm³/mol. The minimum absolute atomic E-state index is 0.154. The highest BCUT2D eigenvalue weighted by molar-refractivity contribution is 5.93. The van der Waals surface area contributed by atoms with Gasteiger partial charge in [-0.25, -0.2) is 0 Å². The number of pyridine rings is 1. The van der Waals surface area contributed by atoms with Crippen LogP contribution in [0.25, 0.3) is 10.8 Å². The second-order valence-corrected chi connectivity index (χ2v) is 6.12. The molecule has 0 amide bonds. The smallest absolute Gasteiger partial charge is 0.0450 e. The Hall–Kier alpha value is -1.61. The van der Waals surface area contributed by atoms with Gasteiger partial charge in [-0.2, -0.15) is 0 Å². The molecule has 0 saturated carbocycles. The highest BCUT2D eigenvalue weighted by atomic mass is 15.2. The molecule has 0 bridgehead atoms. The molecule has 1 saturated heterocycles. The van der Waals surface area contributed by atoms with Crippen LogP contribution in [0.4, 0.5) is 5.69 Å². The highest BCUT2D eigenvalue weighted by Crippen LogP contribution is 2.30. The Morgan fingerprint density at radius 1 is 1.32 bits per heavy atom. The molecule has 3 heteroatoms. The van der Waals surface area contributed by atoms with Crippen molar-refractivity contribution in [2.75, 3.05) is 18.0 Å². The van der Waals surface area contributed by atoms with Gasteiger partial charge in [0.1, 0.15) is 0 Å². The van der Waals surface area contributed by atoms with Crippen molar-refractivity contribution in [2.45, 2.75) is 32.4 Å². The van der Waals surface area contributed by atoms with Crippen LogP contribution < -0.4 is 10.2 Å². The van der Waals surface area contributed by atoms with Crippen molar-refractivity contribution in [1.82, 2.24) is 10.3 Å². The van der Waals surface area contributed by atoms with E-state index in [-0.39, 0.29) is 5.54 Å². The van der Waals surface area contributed by atoms with Crippen molar-refractivity contribution in [2.24, 2.45) is 0 Å². The summed E-state index contributed by atoms with van der Waals surface area (Å²) >= 11 is 0. The quantitative estimate of drug-likeness (QED) is 0.849. The van der Waals surface area contributed by atoms with Crippen molar-refractivity contribution < 1.29 is 0 Å². The van der Waals surface area contributed by atoms with Gasteiger partial charge >= 0.3 is 0 Å². The van der Waals surface area contributed by atoms with E-state index in [9.17, 15) is 0 Å². The predicted octanol–water partition coefficient (Wildman–Crippen LogP) is 2.81. The number of hydrogen-bond donors (Lipinski definition) is 1. The second kappa shape index (κ2) is 4.49. The van der Waals surface area contributed by atoms with Crippen LogP contribution >= 0.6 is 0 Å². The topological polar surface area (TPSA) is 28.2 Å². The number of fused-ring (bicyclic) bond motifs is 1. The number of hydrogen-bond acceptors (Lipinski definition) is 3.